The molecule has 0 aromatic heterocycles. The number of likely N-dealkylation sites (N-methyl/N-ethyl adjacent to an activating group) is 2. The number of halogens is 3. The molecule has 0 N–H and O–H groups in total. The Morgan fingerprint density at radius 3 is 2.32 bits per heavy atom. The van der Waals surface area contributed by atoms with E-state index in [-0.39, 0.29) is 18.5 Å². The Balaban J connectivity index is 2.10. The molecule has 1 atom stereocenters. The molecule has 0 aliphatic carbocycles. The molecule has 1 aromatic rings. The molecule has 0 radical (unpaired) electrons. The molecule has 0 bridgehead atoms. The molecule has 1 aliphatic heterocycles. The van der Waals surface area contributed by atoms with Gasteiger partial charge in [-0.1, -0.05) is 18.2 Å². The molecule has 0 unspecified atom stereocenters. The molecule has 1 fully saturated rings. The van der Waals surface area contributed by atoms with Crippen LogP contribution in [-0.4, -0.2) is 59.7 Å². The minimum atomic E-state index is -4.52. The third kappa shape index (κ3) is 3.75. The lowest BCUT2D eigenvalue weighted by atomic mass is 10.1. The molecule has 25 heavy (non-hydrogen) atoms. The SMILES string of the molecule is CN(Cc1ccccc1C(F)(F)F)C(=O)C[C@H]1C(=O)N(C)C(=O)N1C. The first kappa shape index (κ1) is 18.8. The van der Waals surface area contributed by atoms with Crippen LogP contribution in [0.15, 0.2) is 24.3 Å². The second-order valence-electron chi connectivity index (χ2n) is 5.92. The number of hydrogen-bond donors (Lipinski definition) is 0. The van der Waals surface area contributed by atoms with Crippen molar-refractivity contribution in [3.8, 4) is 0 Å². The smallest absolute Gasteiger partial charge is 0.341 e. The van der Waals surface area contributed by atoms with Gasteiger partial charge in [-0.3, -0.25) is 14.5 Å². The van der Waals surface area contributed by atoms with Crippen molar-refractivity contribution in [1.82, 2.24) is 14.7 Å². The Labute approximate surface area is 142 Å². The first-order valence-corrected chi connectivity index (χ1v) is 7.47. The van der Waals surface area contributed by atoms with Gasteiger partial charge in [0.15, 0.2) is 0 Å². The van der Waals surface area contributed by atoms with Crippen molar-refractivity contribution in [1.29, 1.82) is 0 Å². The molecule has 1 aliphatic rings. The predicted octanol–water partition coefficient (Wildman–Crippen LogP) is 1.95. The Bertz CT molecular complexity index is 705. The third-order valence-corrected chi connectivity index (χ3v) is 4.20. The summed E-state index contributed by atoms with van der Waals surface area (Å²) in [5.41, 5.74) is -0.844. The van der Waals surface area contributed by atoms with Crippen LogP contribution in [-0.2, 0) is 22.3 Å². The quantitative estimate of drug-likeness (QED) is 0.774. The minimum absolute atomic E-state index is 0.0369. The number of amides is 4. The fourth-order valence-corrected chi connectivity index (χ4v) is 2.68. The van der Waals surface area contributed by atoms with Crippen molar-refractivity contribution >= 4 is 17.8 Å². The van der Waals surface area contributed by atoms with Crippen LogP contribution in [0.1, 0.15) is 17.5 Å². The second-order valence-corrected chi connectivity index (χ2v) is 5.92. The zero-order valence-electron chi connectivity index (χ0n) is 14.0. The van der Waals surface area contributed by atoms with Crippen LogP contribution >= 0.6 is 0 Å². The van der Waals surface area contributed by atoms with Gasteiger partial charge in [-0.2, -0.15) is 13.2 Å². The maximum Gasteiger partial charge on any atom is 0.416 e. The summed E-state index contributed by atoms with van der Waals surface area (Å²) in [5.74, 6) is -1.03. The summed E-state index contributed by atoms with van der Waals surface area (Å²) in [6.45, 7) is -0.247. The molecule has 9 heteroatoms. The molecule has 1 saturated heterocycles. The first-order chi connectivity index (χ1) is 11.5. The zero-order valence-corrected chi connectivity index (χ0v) is 14.0. The molecule has 1 aromatic carbocycles. The number of carbonyl (C=O) groups excluding carboxylic acids is 3. The molecular formula is C16H18F3N3O3. The van der Waals surface area contributed by atoms with E-state index in [0.717, 1.165) is 20.8 Å². The highest BCUT2D eigenvalue weighted by Gasteiger charge is 2.42. The van der Waals surface area contributed by atoms with E-state index in [1.165, 1.54) is 39.3 Å². The molecule has 0 spiro atoms. The summed E-state index contributed by atoms with van der Waals surface area (Å²) in [7, 11) is 4.08. The number of urea groups is 1. The van der Waals surface area contributed by atoms with Crippen LogP contribution in [0.4, 0.5) is 18.0 Å². The van der Waals surface area contributed by atoms with Crippen molar-refractivity contribution in [3.05, 3.63) is 35.4 Å². The highest BCUT2D eigenvalue weighted by atomic mass is 19.4. The Hall–Kier alpha value is -2.58. The van der Waals surface area contributed by atoms with Gasteiger partial charge >= 0.3 is 12.2 Å². The van der Waals surface area contributed by atoms with Gasteiger partial charge in [-0.15, -0.1) is 0 Å². The fraction of sp³-hybridized carbons (Fsp3) is 0.438. The summed E-state index contributed by atoms with van der Waals surface area (Å²) < 4.78 is 39.1. The Morgan fingerprint density at radius 2 is 1.80 bits per heavy atom. The van der Waals surface area contributed by atoms with Crippen LogP contribution in [0.25, 0.3) is 0 Å². The topological polar surface area (TPSA) is 60.9 Å². The lowest BCUT2D eigenvalue weighted by molar-refractivity contribution is -0.140. The highest BCUT2D eigenvalue weighted by molar-refractivity contribution is 6.05. The first-order valence-electron chi connectivity index (χ1n) is 7.47. The minimum Gasteiger partial charge on any atom is -0.341 e. The van der Waals surface area contributed by atoms with Gasteiger partial charge in [0.25, 0.3) is 5.91 Å². The molecule has 4 amide bonds. The average molecular weight is 357 g/mol. The molecule has 2 rings (SSSR count). The molecular weight excluding hydrogens is 339 g/mol. The second kappa shape index (κ2) is 6.73. The summed E-state index contributed by atoms with van der Waals surface area (Å²) in [5, 5.41) is 0. The van der Waals surface area contributed by atoms with E-state index in [1.807, 2.05) is 0 Å². The summed E-state index contributed by atoms with van der Waals surface area (Å²) in [6.07, 6.45) is -4.80. The zero-order chi connectivity index (χ0) is 18.9. The summed E-state index contributed by atoms with van der Waals surface area (Å²) in [4.78, 5) is 39.2. The van der Waals surface area contributed by atoms with E-state index in [2.05, 4.69) is 0 Å². The number of alkyl halides is 3. The van der Waals surface area contributed by atoms with E-state index < -0.39 is 35.6 Å². The monoisotopic (exact) mass is 357 g/mol. The predicted molar refractivity (Wildman–Crippen MR) is 82.3 cm³/mol. The number of carbonyl (C=O) groups is 3. The highest BCUT2D eigenvalue weighted by Crippen LogP contribution is 2.32. The van der Waals surface area contributed by atoms with E-state index in [4.69, 9.17) is 0 Å². The third-order valence-electron chi connectivity index (χ3n) is 4.20. The van der Waals surface area contributed by atoms with Gasteiger partial charge in [0.2, 0.25) is 5.91 Å². The van der Waals surface area contributed by atoms with Crippen LogP contribution in [0.2, 0.25) is 0 Å². The lowest BCUT2D eigenvalue weighted by Gasteiger charge is -2.22. The Kier molecular flexibility index (Phi) is 5.05. The van der Waals surface area contributed by atoms with Crippen molar-refractivity contribution in [2.24, 2.45) is 0 Å². The Morgan fingerprint density at radius 1 is 1.20 bits per heavy atom. The maximum atomic E-state index is 13.0. The van der Waals surface area contributed by atoms with Crippen molar-refractivity contribution < 1.29 is 27.6 Å². The maximum absolute atomic E-state index is 13.0. The van der Waals surface area contributed by atoms with Crippen molar-refractivity contribution in [2.75, 3.05) is 21.1 Å². The summed E-state index contributed by atoms with van der Waals surface area (Å²) in [6, 6.07) is 3.54. The van der Waals surface area contributed by atoms with E-state index in [1.54, 1.807) is 0 Å². The van der Waals surface area contributed by atoms with Gasteiger partial charge in [-0.05, 0) is 11.6 Å². The van der Waals surface area contributed by atoms with Crippen LogP contribution < -0.4 is 0 Å². The number of benzene rings is 1. The van der Waals surface area contributed by atoms with Crippen molar-refractivity contribution in [2.45, 2.75) is 25.2 Å². The van der Waals surface area contributed by atoms with Gasteiger partial charge < -0.3 is 9.80 Å². The number of imide groups is 1. The number of rotatable bonds is 4. The summed E-state index contributed by atoms with van der Waals surface area (Å²) >= 11 is 0. The van der Waals surface area contributed by atoms with Crippen LogP contribution in [0.3, 0.4) is 0 Å². The van der Waals surface area contributed by atoms with Gasteiger partial charge in [0.05, 0.1) is 12.0 Å². The molecule has 6 nitrogen and oxygen atoms in total. The van der Waals surface area contributed by atoms with Gasteiger partial charge in [-0.25, -0.2) is 4.79 Å². The van der Waals surface area contributed by atoms with Gasteiger partial charge in [0, 0.05) is 27.7 Å². The number of nitrogens with zero attached hydrogens (tertiary/aromatic N) is 3. The van der Waals surface area contributed by atoms with Crippen molar-refractivity contribution in [3.63, 3.8) is 0 Å². The van der Waals surface area contributed by atoms with Crippen LogP contribution in [0.5, 0.6) is 0 Å². The fourth-order valence-electron chi connectivity index (χ4n) is 2.68. The number of hydrogen-bond acceptors (Lipinski definition) is 3. The average Bonchev–Trinajstić information content (AvgIpc) is 2.72. The van der Waals surface area contributed by atoms with Gasteiger partial charge in [0.1, 0.15) is 6.04 Å². The largest absolute Gasteiger partial charge is 0.416 e. The lowest BCUT2D eigenvalue weighted by Crippen LogP contribution is -2.38. The van der Waals surface area contributed by atoms with E-state index >= 15 is 0 Å². The van der Waals surface area contributed by atoms with Crippen LogP contribution in [0, 0.1) is 0 Å². The molecule has 1 heterocycles. The van der Waals surface area contributed by atoms with E-state index in [0.29, 0.717) is 0 Å². The molecule has 0 saturated carbocycles. The normalized spacial score (nSPS) is 18.1. The van der Waals surface area contributed by atoms with E-state index in [9.17, 15) is 27.6 Å². The molecule has 136 valence electrons. The standard InChI is InChI=1S/C16H18F3N3O3/c1-20(9-10-6-4-5-7-11(10)16(17,18)19)13(23)8-12-14(24)22(3)15(25)21(12)2/h4-7,12H,8-9H2,1-3H3/t12-/m0/s1.